The van der Waals surface area contributed by atoms with Gasteiger partial charge in [-0.05, 0) is 19.3 Å². The second kappa shape index (κ2) is 4.72. The maximum absolute atomic E-state index is 9.43. The van der Waals surface area contributed by atoms with E-state index in [-0.39, 0.29) is 18.2 Å². The van der Waals surface area contributed by atoms with E-state index in [1.54, 1.807) is 0 Å². The number of aromatic nitrogens is 2. The fourth-order valence-corrected chi connectivity index (χ4v) is 2.41. The Labute approximate surface area is 99.3 Å². The Kier molecular flexibility index (Phi) is 3.09. The smallest absolute Gasteiger partial charge is 0.243 e. The molecule has 6 heteroatoms. The van der Waals surface area contributed by atoms with Crippen LogP contribution in [0.3, 0.4) is 0 Å². The average Bonchev–Trinajstić information content (AvgIpc) is 2.99. The fourth-order valence-electron chi connectivity index (χ4n) is 2.41. The Hall–Kier alpha value is -0.980. The van der Waals surface area contributed by atoms with Crippen LogP contribution in [0.2, 0.25) is 0 Å². The lowest BCUT2D eigenvalue weighted by Crippen LogP contribution is -2.15. The Bertz CT molecular complexity index is 376. The third kappa shape index (κ3) is 2.48. The van der Waals surface area contributed by atoms with Crippen LogP contribution < -0.4 is 5.32 Å². The molecule has 2 saturated heterocycles. The molecule has 0 saturated carbocycles. The lowest BCUT2D eigenvalue weighted by atomic mass is 10.2. The summed E-state index contributed by atoms with van der Waals surface area (Å²) in [6, 6.07) is -0.00394. The molecule has 0 amide bonds. The molecule has 1 aromatic rings. The van der Waals surface area contributed by atoms with Gasteiger partial charge in [0, 0.05) is 19.6 Å². The average molecular weight is 239 g/mol. The van der Waals surface area contributed by atoms with E-state index in [2.05, 4.69) is 15.5 Å². The third-order valence-electron chi connectivity index (χ3n) is 3.32. The summed E-state index contributed by atoms with van der Waals surface area (Å²) in [5, 5.41) is 16.5. The SMILES string of the molecule is O[C@H]1CN[C@@H](c2nc(CC3CCCO3)no2)C1. The molecule has 3 rings (SSSR count). The lowest BCUT2D eigenvalue weighted by Gasteiger charge is -2.04. The molecule has 2 aliphatic rings. The lowest BCUT2D eigenvalue weighted by molar-refractivity contribution is 0.109. The van der Waals surface area contributed by atoms with Crippen LogP contribution in [0, 0.1) is 0 Å². The first-order valence-corrected chi connectivity index (χ1v) is 6.17. The number of aliphatic hydroxyl groups excluding tert-OH is 1. The van der Waals surface area contributed by atoms with Gasteiger partial charge in [-0.3, -0.25) is 0 Å². The standard InChI is InChI=1S/C11H17N3O3/c15-7-4-9(12-6-7)11-13-10(14-17-11)5-8-2-1-3-16-8/h7-9,12,15H,1-6H2/t7-,8?,9-/m1/s1. The van der Waals surface area contributed by atoms with Gasteiger partial charge in [-0.1, -0.05) is 5.16 Å². The molecule has 0 aliphatic carbocycles. The molecule has 2 fully saturated rings. The van der Waals surface area contributed by atoms with Crippen molar-refractivity contribution in [3.8, 4) is 0 Å². The van der Waals surface area contributed by atoms with Gasteiger partial charge < -0.3 is 19.7 Å². The van der Waals surface area contributed by atoms with Crippen LogP contribution in [0.1, 0.15) is 37.0 Å². The highest BCUT2D eigenvalue weighted by molar-refractivity contribution is 4.98. The molecule has 17 heavy (non-hydrogen) atoms. The number of ether oxygens (including phenoxy) is 1. The van der Waals surface area contributed by atoms with Crippen molar-refractivity contribution in [2.75, 3.05) is 13.2 Å². The molecule has 1 aromatic heterocycles. The molecular formula is C11H17N3O3. The van der Waals surface area contributed by atoms with Crippen molar-refractivity contribution in [2.24, 2.45) is 0 Å². The van der Waals surface area contributed by atoms with Crippen LogP contribution in [-0.4, -0.2) is 40.6 Å². The topological polar surface area (TPSA) is 80.4 Å². The van der Waals surface area contributed by atoms with E-state index in [9.17, 15) is 5.11 Å². The first kappa shape index (κ1) is 11.1. The van der Waals surface area contributed by atoms with Crippen molar-refractivity contribution < 1.29 is 14.4 Å². The number of β-amino-alcohol motifs (C(OH)–C–C–N with tert-alkyl or cyclic N) is 1. The third-order valence-corrected chi connectivity index (χ3v) is 3.32. The van der Waals surface area contributed by atoms with Crippen LogP contribution >= 0.6 is 0 Å². The molecule has 94 valence electrons. The summed E-state index contributed by atoms with van der Waals surface area (Å²) in [4.78, 5) is 4.36. The van der Waals surface area contributed by atoms with Crippen molar-refractivity contribution >= 4 is 0 Å². The molecule has 0 radical (unpaired) electrons. The minimum absolute atomic E-state index is 0.00394. The van der Waals surface area contributed by atoms with Crippen LogP contribution in [0.4, 0.5) is 0 Å². The van der Waals surface area contributed by atoms with E-state index < -0.39 is 0 Å². The maximum Gasteiger partial charge on any atom is 0.243 e. The predicted octanol–water partition coefficient (Wildman–Crippen LogP) is 0.186. The van der Waals surface area contributed by atoms with Gasteiger partial charge in [-0.2, -0.15) is 4.98 Å². The quantitative estimate of drug-likeness (QED) is 0.783. The Morgan fingerprint density at radius 1 is 1.47 bits per heavy atom. The zero-order chi connectivity index (χ0) is 11.7. The highest BCUT2D eigenvalue weighted by Gasteiger charge is 2.28. The van der Waals surface area contributed by atoms with Crippen molar-refractivity contribution in [1.29, 1.82) is 0 Å². The van der Waals surface area contributed by atoms with Gasteiger partial charge in [0.05, 0.1) is 18.2 Å². The van der Waals surface area contributed by atoms with Crippen LogP contribution in [0.15, 0.2) is 4.52 Å². The number of nitrogens with one attached hydrogen (secondary N) is 1. The fraction of sp³-hybridized carbons (Fsp3) is 0.818. The summed E-state index contributed by atoms with van der Waals surface area (Å²) in [5.41, 5.74) is 0. The summed E-state index contributed by atoms with van der Waals surface area (Å²) < 4.78 is 10.7. The Balaban J connectivity index is 1.61. The number of hydrogen-bond donors (Lipinski definition) is 2. The van der Waals surface area contributed by atoms with Gasteiger partial charge >= 0.3 is 0 Å². The molecular weight excluding hydrogens is 222 g/mol. The Morgan fingerprint density at radius 2 is 2.41 bits per heavy atom. The molecule has 3 heterocycles. The van der Waals surface area contributed by atoms with Crippen LogP contribution in [0.5, 0.6) is 0 Å². The van der Waals surface area contributed by atoms with E-state index >= 15 is 0 Å². The molecule has 1 unspecified atom stereocenters. The van der Waals surface area contributed by atoms with Crippen LogP contribution in [-0.2, 0) is 11.2 Å². The summed E-state index contributed by atoms with van der Waals surface area (Å²) in [6.45, 7) is 1.43. The second-order valence-electron chi connectivity index (χ2n) is 4.74. The van der Waals surface area contributed by atoms with Gasteiger partial charge in [0.25, 0.3) is 0 Å². The molecule has 0 bridgehead atoms. The summed E-state index contributed by atoms with van der Waals surface area (Å²) in [6.07, 6.45) is 3.48. The summed E-state index contributed by atoms with van der Waals surface area (Å²) in [5.74, 6) is 1.28. The van der Waals surface area contributed by atoms with Gasteiger partial charge in [-0.15, -0.1) is 0 Å². The number of aliphatic hydroxyl groups is 1. The van der Waals surface area contributed by atoms with E-state index in [0.29, 0.717) is 24.7 Å². The van der Waals surface area contributed by atoms with E-state index in [4.69, 9.17) is 9.26 Å². The zero-order valence-electron chi connectivity index (χ0n) is 9.63. The van der Waals surface area contributed by atoms with Gasteiger partial charge in [-0.25, -0.2) is 0 Å². The van der Waals surface area contributed by atoms with Gasteiger partial charge in [0.15, 0.2) is 5.82 Å². The zero-order valence-corrected chi connectivity index (χ0v) is 9.63. The van der Waals surface area contributed by atoms with Crippen molar-refractivity contribution in [1.82, 2.24) is 15.5 Å². The van der Waals surface area contributed by atoms with Gasteiger partial charge in [0.2, 0.25) is 5.89 Å². The largest absolute Gasteiger partial charge is 0.392 e. The van der Waals surface area contributed by atoms with E-state index in [1.165, 1.54) is 0 Å². The van der Waals surface area contributed by atoms with E-state index in [1.807, 2.05) is 0 Å². The molecule has 0 spiro atoms. The number of hydrogen-bond acceptors (Lipinski definition) is 6. The normalized spacial score (nSPS) is 33.4. The monoisotopic (exact) mass is 239 g/mol. The van der Waals surface area contributed by atoms with Crippen molar-refractivity contribution in [3.05, 3.63) is 11.7 Å². The molecule has 2 N–H and O–H groups in total. The van der Waals surface area contributed by atoms with Crippen molar-refractivity contribution in [2.45, 2.75) is 43.9 Å². The first-order valence-electron chi connectivity index (χ1n) is 6.17. The molecule has 0 aromatic carbocycles. The first-order chi connectivity index (χ1) is 8.31. The van der Waals surface area contributed by atoms with Gasteiger partial charge in [0.1, 0.15) is 0 Å². The van der Waals surface area contributed by atoms with Crippen molar-refractivity contribution in [3.63, 3.8) is 0 Å². The highest BCUT2D eigenvalue weighted by Crippen LogP contribution is 2.22. The summed E-state index contributed by atoms with van der Waals surface area (Å²) >= 11 is 0. The number of nitrogens with zero attached hydrogens (tertiary/aromatic N) is 2. The molecule has 2 aliphatic heterocycles. The minimum atomic E-state index is -0.312. The van der Waals surface area contributed by atoms with Crippen LogP contribution in [0.25, 0.3) is 0 Å². The second-order valence-corrected chi connectivity index (χ2v) is 4.74. The molecule has 3 atom stereocenters. The highest BCUT2D eigenvalue weighted by atomic mass is 16.5. The predicted molar refractivity (Wildman–Crippen MR) is 58.3 cm³/mol. The van der Waals surface area contributed by atoms with E-state index in [0.717, 1.165) is 25.9 Å². The molecule has 6 nitrogen and oxygen atoms in total. The maximum atomic E-state index is 9.43. The number of rotatable bonds is 3. The summed E-state index contributed by atoms with van der Waals surface area (Å²) in [7, 11) is 0. The minimum Gasteiger partial charge on any atom is -0.392 e. The Morgan fingerprint density at radius 3 is 3.12 bits per heavy atom.